The number of rotatable bonds is 3. The zero-order valence-corrected chi connectivity index (χ0v) is 7.62. The molecule has 6 heteroatoms. The molecule has 0 spiro atoms. The molecule has 0 aliphatic heterocycles. The molecule has 0 aromatic rings. The summed E-state index contributed by atoms with van der Waals surface area (Å²) in [5, 5.41) is 8.10. The normalized spacial score (nSPS) is 11.3. The molecule has 0 unspecified atom stereocenters. The van der Waals surface area contributed by atoms with Crippen LogP contribution in [0.4, 0.5) is 0 Å². The summed E-state index contributed by atoms with van der Waals surface area (Å²) in [5.74, 6) is -1.92. The average molecular weight is 174 g/mol. The van der Waals surface area contributed by atoms with Crippen molar-refractivity contribution in [2.75, 3.05) is 0 Å². The van der Waals surface area contributed by atoms with Crippen LogP contribution < -0.4 is 11.5 Å². The van der Waals surface area contributed by atoms with Gasteiger partial charge in [0.1, 0.15) is 6.04 Å². The molecule has 0 rings (SSSR count). The predicted molar refractivity (Wildman–Crippen MR) is 37.4 cm³/mol. The molecule has 1 amide bonds. The number of hydrogen-bond acceptors (Lipinski definition) is 3. The maximum absolute atomic E-state index is 9.99. The van der Waals surface area contributed by atoms with E-state index in [4.69, 9.17) is 10.8 Å². The number of hydrogen-bond donors (Lipinski definition) is 3. The first-order chi connectivity index (χ1) is 4.04. The zero-order chi connectivity index (χ0) is 7.44. The van der Waals surface area contributed by atoms with Crippen LogP contribution in [-0.4, -0.2) is 60.8 Å². The summed E-state index contributed by atoms with van der Waals surface area (Å²) >= 11 is 0. The molecule has 10 heavy (non-hydrogen) atoms. The van der Waals surface area contributed by atoms with Gasteiger partial charge in [0, 0.05) is 0 Å². The second kappa shape index (κ2) is 5.91. The fourth-order valence-corrected chi connectivity index (χ4v) is 0.304. The monoisotopic (exact) mass is 174 g/mol. The van der Waals surface area contributed by atoms with Gasteiger partial charge in [-0.1, -0.05) is 0 Å². The molecule has 0 saturated heterocycles. The van der Waals surface area contributed by atoms with Gasteiger partial charge in [0.05, 0.1) is 6.42 Å². The molecule has 1 atom stereocenters. The molecule has 0 radical (unpaired) electrons. The summed E-state index contributed by atoms with van der Waals surface area (Å²) < 4.78 is 0. The SMILES string of the molecule is NC(=O)C[C@H](N)C(=O)O.[Ca+2].[H-].[H-]. The molecule has 0 aromatic heterocycles. The number of nitrogens with two attached hydrogens (primary N) is 2. The van der Waals surface area contributed by atoms with Crippen LogP contribution in [0.25, 0.3) is 0 Å². The first-order valence-corrected chi connectivity index (χ1v) is 2.30. The first-order valence-electron chi connectivity index (χ1n) is 2.30. The molecule has 0 heterocycles. The Morgan fingerprint density at radius 1 is 1.60 bits per heavy atom. The predicted octanol–water partition coefficient (Wildman–Crippen LogP) is -1.88. The quantitative estimate of drug-likeness (QED) is 0.435. The van der Waals surface area contributed by atoms with Crippen LogP contribution in [0.15, 0.2) is 0 Å². The number of amides is 1. The van der Waals surface area contributed by atoms with Gasteiger partial charge in [-0.2, -0.15) is 0 Å². The van der Waals surface area contributed by atoms with Gasteiger partial charge < -0.3 is 19.4 Å². The maximum atomic E-state index is 9.99. The van der Waals surface area contributed by atoms with Crippen LogP contribution in [-0.2, 0) is 9.59 Å². The van der Waals surface area contributed by atoms with Crippen LogP contribution in [0.5, 0.6) is 0 Å². The topological polar surface area (TPSA) is 106 Å². The number of carboxylic acid groups (broad SMARTS) is 1. The van der Waals surface area contributed by atoms with Gasteiger partial charge in [-0.05, 0) is 0 Å². The summed E-state index contributed by atoms with van der Waals surface area (Å²) in [6.45, 7) is 0. The van der Waals surface area contributed by atoms with Crippen molar-refractivity contribution in [3.05, 3.63) is 0 Å². The minimum absolute atomic E-state index is 0. The zero-order valence-electron chi connectivity index (χ0n) is 7.41. The van der Waals surface area contributed by atoms with Crippen molar-refractivity contribution in [2.24, 2.45) is 11.5 Å². The molecule has 5 N–H and O–H groups in total. The third-order valence-electron chi connectivity index (χ3n) is 0.738. The van der Waals surface area contributed by atoms with E-state index in [2.05, 4.69) is 5.73 Å². The van der Waals surface area contributed by atoms with Gasteiger partial charge in [-0.15, -0.1) is 0 Å². The Kier molecular flexibility index (Phi) is 7.56. The largest absolute Gasteiger partial charge is 2.00 e. The van der Waals surface area contributed by atoms with E-state index in [9.17, 15) is 9.59 Å². The van der Waals surface area contributed by atoms with Gasteiger partial charge in [0.15, 0.2) is 0 Å². The second-order valence-electron chi connectivity index (χ2n) is 1.62. The van der Waals surface area contributed by atoms with Crippen molar-refractivity contribution in [1.82, 2.24) is 0 Å². The minimum Gasteiger partial charge on any atom is -1.00 e. The molecule has 56 valence electrons. The molecule has 0 fully saturated rings. The van der Waals surface area contributed by atoms with Crippen molar-refractivity contribution in [3.63, 3.8) is 0 Å². The van der Waals surface area contributed by atoms with E-state index >= 15 is 0 Å². The van der Waals surface area contributed by atoms with Crippen LogP contribution >= 0.6 is 0 Å². The van der Waals surface area contributed by atoms with E-state index < -0.39 is 17.9 Å². The standard InChI is InChI=1S/C4H8N2O3.Ca.2H/c5-2(4(8)9)1-3(6)7;;;/h2H,1,5H2,(H2,6,7)(H,8,9);;;/q;+2;2*-1/t2-;;;/m0.../s1. The summed E-state index contributed by atoms with van der Waals surface area (Å²) in [4.78, 5) is 19.9. The van der Waals surface area contributed by atoms with Crippen molar-refractivity contribution in [3.8, 4) is 0 Å². The Labute approximate surface area is 90.7 Å². The summed E-state index contributed by atoms with van der Waals surface area (Å²) in [6, 6.07) is -1.16. The fourth-order valence-electron chi connectivity index (χ4n) is 0.304. The van der Waals surface area contributed by atoms with E-state index in [1.165, 1.54) is 0 Å². The van der Waals surface area contributed by atoms with Gasteiger partial charge in [0.25, 0.3) is 0 Å². The van der Waals surface area contributed by atoms with E-state index in [0.717, 1.165) is 0 Å². The molecule has 5 nitrogen and oxygen atoms in total. The Morgan fingerprint density at radius 2 is 2.00 bits per heavy atom. The number of aliphatic carboxylic acids is 1. The summed E-state index contributed by atoms with van der Waals surface area (Å²) in [7, 11) is 0. The average Bonchev–Trinajstić information content (AvgIpc) is 1.63. The molecule has 0 saturated carbocycles. The Hall–Kier alpha value is 0.160. The van der Waals surface area contributed by atoms with E-state index in [-0.39, 0.29) is 47.0 Å². The number of carbonyl (C=O) groups excluding carboxylic acids is 1. The Bertz CT molecular complexity index is 146. The van der Waals surface area contributed by atoms with Gasteiger partial charge in [-0.25, -0.2) is 0 Å². The van der Waals surface area contributed by atoms with Crippen molar-refractivity contribution in [1.29, 1.82) is 0 Å². The second-order valence-corrected chi connectivity index (χ2v) is 1.62. The van der Waals surface area contributed by atoms with Gasteiger partial charge >= 0.3 is 43.7 Å². The summed E-state index contributed by atoms with van der Waals surface area (Å²) in [6.07, 6.45) is -0.310. The maximum Gasteiger partial charge on any atom is 2.00 e. The molecular formula is C4H10CaN2O3. The van der Waals surface area contributed by atoms with Gasteiger partial charge in [-0.3, -0.25) is 9.59 Å². The van der Waals surface area contributed by atoms with Crippen LogP contribution in [0, 0.1) is 0 Å². The molecule has 0 aromatic carbocycles. The van der Waals surface area contributed by atoms with Crippen LogP contribution in [0.3, 0.4) is 0 Å². The molecule has 0 aliphatic carbocycles. The summed E-state index contributed by atoms with van der Waals surface area (Å²) in [5.41, 5.74) is 9.57. The minimum atomic E-state index is -1.21. The van der Waals surface area contributed by atoms with E-state index in [1.807, 2.05) is 0 Å². The van der Waals surface area contributed by atoms with Crippen molar-refractivity contribution in [2.45, 2.75) is 12.5 Å². The third-order valence-corrected chi connectivity index (χ3v) is 0.738. The van der Waals surface area contributed by atoms with E-state index in [1.54, 1.807) is 0 Å². The third kappa shape index (κ3) is 6.28. The number of carbonyl (C=O) groups is 2. The smallest absolute Gasteiger partial charge is 1.00 e. The van der Waals surface area contributed by atoms with Gasteiger partial charge in [0.2, 0.25) is 5.91 Å². The van der Waals surface area contributed by atoms with Crippen LogP contribution in [0.1, 0.15) is 9.27 Å². The Balaban J connectivity index is -0.000000107. The fraction of sp³-hybridized carbons (Fsp3) is 0.500. The molecule has 0 bridgehead atoms. The van der Waals surface area contributed by atoms with Crippen LogP contribution in [0.2, 0.25) is 0 Å². The number of carboxylic acids is 1. The Morgan fingerprint density at radius 3 is 2.10 bits per heavy atom. The first kappa shape index (κ1) is 12.8. The van der Waals surface area contributed by atoms with Crippen molar-refractivity contribution < 1.29 is 17.5 Å². The van der Waals surface area contributed by atoms with Crippen molar-refractivity contribution >= 4 is 49.6 Å². The van der Waals surface area contributed by atoms with E-state index in [0.29, 0.717) is 0 Å². The number of primary amides is 1. The molecular weight excluding hydrogens is 164 g/mol. The molecule has 0 aliphatic rings.